The zero-order valence-electron chi connectivity index (χ0n) is 12.9. The number of hydrogen-bond acceptors (Lipinski definition) is 3. The summed E-state index contributed by atoms with van der Waals surface area (Å²) in [6.07, 6.45) is 3.27. The number of carbonyl (C=O) groups excluding carboxylic acids is 1. The van der Waals surface area contributed by atoms with Crippen LogP contribution in [0.5, 0.6) is 0 Å². The number of hydrogen-bond donors (Lipinski definition) is 0. The predicted octanol–water partition coefficient (Wildman–Crippen LogP) is 2.23. The van der Waals surface area contributed by atoms with Crippen molar-refractivity contribution in [1.82, 2.24) is 4.31 Å². The molecule has 6 heteroatoms. The summed E-state index contributed by atoms with van der Waals surface area (Å²) in [7, 11) is -3.41. The van der Waals surface area contributed by atoms with Crippen molar-refractivity contribution in [3.63, 3.8) is 0 Å². The molecule has 0 spiro atoms. The summed E-state index contributed by atoms with van der Waals surface area (Å²) in [5.74, 6) is 0.704. The maximum atomic E-state index is 12.6. The average molecular weight is 322 g/mol. The summed E-state index contributed by atoms with van der Waals surface area (Å²) in [6, 6.07) is 6.72. The number of amides is 1. The van der Waals surface area contributed by atoms with Crippen LogP contribution in [-0.2, 0) is 14.8 Å². The highest BCUT2D eigenvalue weighted by Crippen LogP contribution is 2.26. The van der Waals surface area contributed by atoms with Gasteiger partial charge in [0.15, 0.2) is 0 Å². The molecule has 1 amide bonds. The minimum Gasteiger partial charge on any atom is -0.312 e. The second kappa shape index (κ2) is 6.01. The molecule has 2 fully saturated rings. The molecule has 1 aromatic rings. The van der Waals surface area contributed by atoms with Crippen molar-refractivity contribution in [2.45, 2.75) is 37.5 Å². The lowest BCUT2D eigenvalue weighted by Gasteiger charge is -2.29. The Hall–Kier alpha value is -1.40. The number of anilines is 1. The lowest BCUT2D eigenvalue weighted by molar-refractivity contribution is -0.117. The van der Waals surface area contributed by atoms with Gasteiger partial charge in [-0.05, 0) is 49.4 Å². The number of nitrogens with zero attached hydrogens (tertiary/aromatic N) is 2. The Kier molecular flexibility index (Phi) is 4.23. The average Bonchev–Trinajstić information content (AvgIpc) is 2.94. The highest BCUT2D eigenvalue weighted by Gasteiger charge is 2.28. The monoisotopic (exact) mass is 322 g/mol. The first-order valence-corrected chi connectivity index (χ1v) is 9.33. The van der Waals surface area contributed by atoms with Gasteiger partial charge in [-0.25, -0.2) is 8.42 Å². The molecule has 22 heavy (non-hydrogen) atoms. The fourth-order valence-electron chi connectivity index (χ4n) is 3.09. The molecule has 0 bridgehead atoms. The molecule has 2 aliphatic rings. The third-order valence-corrected chi connectivity index (χ3v) is 6.52. The van der Waals surface area contributed by atoms with Crippen LogP contribution in [0.1, 0.15) is 32.6 Å². The van der Waals surface area contributed by atoms with Crippen LogP contribution in [0.15, 0.2) is 29.2 Å². The van der Waals surface area contributed by atoms with E-state index in [1.54, 1.807) is 33.5 Å². The molecule has 0 aromatic heterocycles. The molecule has 2 aliphatic heterocycles. The number of sulfonamides is 1. The van der Waals surface area contributed by atoms with Crippen molar-refractivity contribution in [2.75, 3.05) is 24.5 Å². The summed E-state index contributed by atoms with van der Waals surface area (Å²) in [4.78, 5) is 13.8. The van der Waals surface area contributed by atoms with Crippen molar-refractivity contribution < 1.29 is 13.2 Å². The molecule has 120 valence electrons. The summed E-state index contributed by atoms with van der Waals surface area (Å²) in [6.45, 7) is 4.06. The van der Waals surface area contributed by atoms with E-state index in [2.05, 4.69) is 6.92 Å². The van der Waals surface area contributed by atoms with Crippen LogP contribution in [0.4, 0.5) is 5.69 Å². The van der Waals surface area contributed by atoms with Crippen LogP contribution in [0.3, 0.4) is 0 Å². The van der Waals surface area contributed by atoms with Gasteiger partial charge in [-0.2, -0.15) is 4.31 Å². The first-order valence-electron chi connectivity index (χ1n) is 7.89. The highest BCUT2D eigenvalue weighted by atomic mass is 32.2. The molecular weight excluding hydrogens is 300 g/mol. The van der Waals surface area contributed by atoms with E-state index in [4.69, 9.17) is 0 Å². The third kappa shape index (κ3) is 2.90. The highest BCUT2D eigenvalue weighted by molar-refractivity contribution is 7.89. The Bertz CT molecular complexity index is 646. The van der Waals surface area contributed by atoms with Crippen molar-refractivity contribution in [1.29, 1.82) is 0 Å². The Morgan fingerprint density at radius 3 is 2.23 bits per heavy atom. The van der Waals surface area contributed by atoms with Gasteiger partial charge in [-0.15, -0.1) is 0 Å². The second-order valence-corrected chi connectivity index (χ2v) is 8.17. The van der Waals surface area contributed by atoms with Crippen molar-refractivity contribution in [2.24, 2.45) is 5.92 Å². The number of rotatable bonds is 3. The summed E-state index contributed by atoms with van der Waals surface area (Å²) < 4.78 is 26.8. The number of piperidine rings is 1. The molecule has 0 unspecified atom stereocenters. The molecule has 0 aliphatic carbocycles. The zero-order chi connectivity index (χ0) is 15.7. The summed E-state index contributed by atoms with van der Waals surface area (Å²) in [5, 5.41) is 0. The van der Waals surface area contributed by atoms with E-state index in [0.29, 0.717) is 30.3 Å². The van der Waals surface area contributed by atoms with E-state index in [0.717, 1.165) is 31.5 Å². The maximum absolute atomic E-state index is 12.6. The lowest BCUT2D eigenvalue weighted by atomic mass is 10.0. The molecule has 0 saturated carbocycles. The van der Waals surface area contributed by atoms with E-state index in [9.17, 15) is 13.2 Å². The molecule has 1 aromatic carbocycles. The molecule has 0 radical (unpaired) electrons. The van der Waals surface area contributed by atoms with E-state index < -0.39 is 10.0 Å². The van der Waals surface area contributed by atoms with Crippen LogP contribution < -0.4 is 4.90 Å². The smallest absolute Gasteiger partial charge is 0.243 e. The van der Waals surface area contributed by atoms with Crippen LogP contribution >= 0.6 is 0 Å². The zero-order valence-corrected chi connectivity index (χ0v) is 13.7. The molecule has 2 heterocycles. The van der Waals surface area contributed by atoms with Crippen molar-refractivity contribution in [3.05, 3.63) is 24.3 Å². The van der Waals surface area contributed by atoms with Gasteiger partial charge < -0.3 is 4.90 Å². The van der Waals surface area contributed by atoms with Crippen molar-refractivity contribution in [3.8, 4) is 0 Å². The van der Waals surface area contributed by atoms with Gasteiger partial charge >= 0.3 is 0 Å². The SMILES string of the molecule is CC1CCN(S(=O)(=O)c2ccc(N3CCCC3=O)cc2)CC1. The van der Waals surface area contributed by atoms with Gasteiger partial charge in [-0.1, -0.05) is 6.92 Å². The Balaban J connectivity index is 1.78. The summed E-state index contributed by atoms with van der Waals surface area (Å²) in [5.41, 5.74) is 0.786. The van der Waals surface area contributed by atoms with Crippen LogP contribution in [-0.4, -0.2) is 38.3 Å². The van der Waals surface area contributed by atoms with Crippen LogP contribution in [0.2, 0.25) is 0 Å². The second-order valence-electron chi connectivity index (χ2n) is 6.23. The Morgan fingerprint density at radius 2 is 1.68 bits per heavy atom. The third-order valence-electron chi connectivity index (χ3n) is 4.60. The minimum absolute atomic E-state index is 0.112. The van der Waals surface area contributed by atoms with Crippen LogP contribution in [0.25, 0.3) is 0 Å². The van der Waals surface area contributed by atoms with E-state index >= 15 is 0 Å². The molecule has 5 nitrogen and oxygen atoms in total. The van der Waals surface area contributed by atoms with Gasteiger partial charge in [-0.3, -0.25) is 4.79 Å². The molecule has 0 atom stereocenters. The van der Waals surface area contributed by atoms with Crippen LogP contribution in [0, 0.1) is 5.92 Å². The first-order chi connectivity index (χ1) is 10.5. The topological polar surface area (TPSA) is 57.7 Å². The fraction of sp³-hybridized carbons (Fsp3) is 0.562. The van der Waals surface area contributed by atoms with Gasteiger partial charge in [0.1, 0.15) is 0 Å². The maximum Gasteiger partial charge on any atom is 0.243 e. The van der Waals surface area contributed by atoms with E-state index in [-0.39, 0.29) is 5.91 Å². The van der Waals surface area contributed by atoms with Gasteiger partial charge in [0, 0.05) is 31.7 Å². The summed E-state index contributed by atoms with van der Waals surface area (Å²) >= 11 is 0. The largest absolute Gasteiger partial charge is 0.312 e. The Labute approximate surface area is 132 Å². The predicted molar refractivity (Wildman–Crippen MR) is 85.2 cm³/mol. The number of carbonyl (C=O) groups is 1. The van der Waals surface area contributed by atoms with Crippen molar-refractivity contribution >= 4 is 21.6 Å². The van der Waals surface area contributed by atoms with E-state index in [1.807, 2.05) is 0 Å². The van der Waals surface area contributed by atoms with Gasteiger partial charge in [0.25, 0.3) is 0 Å². The molecule has 2 saturated heterocycles. The fourth-order valence-corrected chi connectivity index (χ4v) is 4.56. The minimum atomic E-state index is -3.41. The molecule has 0 N–H and O–H groups in total. The normalized spacial score (nSPS) is 21.5. The molecule has 3 rings (SSSR count). The Morgan fingerprint density at radius 1 is 1.05 bits per heavy atom. The first kappa shape index (κ1) is 15.5. The van der Waals surface area contributed by atoms with E-state index in [1.165, 1.54) is 0 Å². The standard InChI is InChI=1S/C16H22N2O3S/c1-13-8-11-17(12-9-13)22(20,21)15-6-4-14(5-7-15)18-10-2-3-16(18)19/h4-7,13H,2-3,8-12H2,1H3. The number of benzene rings is 1. The lowest BCUT2D eigenvalue weighted by Crippen LogP contribution is -2.37. The quantitative estimate of drug-likeness (QED) is 0.857. The van der Waals surface area contributed by atoms with Gasteiger partial charge in [0.2, 0.25) is 15.9 Å². The van der Waals surface area contributed by atoms with Gasteiger partial charge in [0.05, 0.1) is 4.90 Å². The molecular formula is C16H22N2O3S.